The molecule has 1 saturated heterocycles. The molecule has 1 saturated carbocycles. The highest BCUT2D eigenvalue weighted by atomic mass is 19.3. The molecule has 15 nitrogen and oxygen atoms in total. The molecule has 0 spiro atoms. The Morgan fingerprint density at radius 3 is 2.22 bits per heavy atom. The largest absolute Gasteiger partial charge is 0.477 e. The topological polar surface area (TPSA) is 242 Å². The van der Waals surface area contributed by atoms with Gasteiger partial charge in [-0.1, -0.05) is 30.3 Å². The van der Waals surface area contributed by atoms with Gasteiger partial charge >= 0.3 is 17.8 Å². The fraction of sp³-hybridized carbons (Fsp3) is 0.390. The predicted octanol–water partition coefficient (Wildman–Crippen LogP) is 3.67. The van der Waals surface area contributed by atoms with E-state index in [1.807, 2.05) is 31.2 Å². The summed E-state index contributed by atoms with van der Waals surface area (Å²) < 4.78 is 55.9. The van der Waals surface area contributed by atoms with Crippen LogP contribution in [0, 0.1) is 18.8 Å². The van der Waals surface area contributed by atoms with Gasteiger partial charge in [-0.3, -0.25) is 24.3 Å². The van der Waals surface area contributed by atoms with E-state index >= 15 is 0 Å². The maximum absolute atomic E-state index is 14.3. The Morgan fingerprint density at radius 2 is 1.62 bits per heavy atom. The molecule has 4 amide bonds. The summed E-state index contributed by atoms with van der Waals surface area (Å²) in [4.78, 5) is 66.5. The number of rotatable bonds is 15. The first-order valence-corrected chi connectivity index (χ1v) is 19.3. The van der Waals surface area contributed by atoms with Gasteiger partial charge in [0, 0.05) is 29.2 Å². The van der Waals surface area contributed by atoms with Gasteiger partial charge in [0.15, 0.2) is 5.82 Å². The standard InChI is InChI=1S/C41H44F4N8O7/c1-21-16-27(35(56)50-32-18-29(20-54)48-37(32)58)12-15-30(21)24-6-2-22(3-7-24)17-31(49-34(55)26-8-4-23(19-46)5-9-26)36(57)47-28-13-10-25(11-14-28)33-51-38(53-52-33)40(42,43)41(44,45)39(59)60/h2-3,6-7,10-16,23,26,29,31-32,54H,4-5,8-9,17-20,46H2,1H3,(H,47,57)(H,48,58)(H,49,55)(H,50,56)(H,59,60)(H,51,52,53)/t23?,26?,29-,31-,32+/m0/s1. The summed E-state index contributed by atoms with van der Waals surface area (Å²) in [5.74, 6) is -17.3. The van der Waals surface area contributed by atoms with Crippen LogP contribution in [0.15, 0.2) is 66.7 Å². The monoisotopic (exact) mass is 836 g/mol. The number of alkyl halides is 4. The van der Waals surface area contributed by atoms with Gasteiger partial charge in [0.1, 0.15) is 12.1 Å². The number of aliphatic hydroxyl groups is 1. The summed E-state index contributed by atoms with van der Waals surface area (Å²) in [6.07, 6.45) is 3.22. The minimum atomic E-state index is -5.45. The number of nitrogens with two attached hydrogens (primary N) is 1. The summed E-state index contributed by atoms with van der Waals surface area (Å²) in [7, 11) is 0. The third-order valence-corrected chi connectivity index (χ3v) is 10.9. The number of hydrogen-bond donors (Lipinski definition) is 8. The second-order valence-corrected chi connectivity index (χ2v) is 15.1. The van der Waals surface area contributed by atoms with Gasteiger partial charge in [-0.15, -0.1) is 0 Å². The molecule has 2 aliphatic rings. The SMILES string of the molecule is Cc1cc(C(=O)N[C@@H]2C[C@@H](CO)NC2=O)ccc1-c1ccc(C[C@H](NC(=O)C2CCC(CN)CC2)C(=O)Nc2ccc(-c3n[nH]c(C(F)(F)C(F)(F)C(=O)O)n3)cc2)cc1. The van der Waals surface area contributed by atoms with Gasteiger partial charge in [-0.2, -0.15) is 22.7 Å². The molecular weight excluding hydrogens is 792 g/mol. The average Bonchev–Trinajstić information content (AvgIpc) is 3.88. The number of halogens is 4. The first-order chi connectivity index (χ1) is 28.5. The van der Waals surface area contributed by atoms with Gasteiger partial charge < -0.3 is 37.2 Å². The normalized spacial score (nSPS) is 19.9. The zero-order valence-corrected chi connectivity index (χ0v) is 32.3. The lowest BCUT2D eigenvalue weighted by atomic mass is 9.81. The molecule has 9 N–H and O–H groups in total. The fourth-order valence-corrected chi connectivity index (χ4v) is 7.33. The van der Waals surface area contributed by atoms with E-state index in [-0.39, 0.29) is 48.4 Å². The lowest BCUT2D eigenvalue weighted by Gasteiger charge is -2.28. The minimum Gasteiger partial charge on any atom is -0.477 e. The number of carbonyl (C=O) groups is 5. The molecule has 3 aromatic carbocycles. The average molecular weight is 837 g/mol. The number of aryl methyl sites for hydroxylation is 1. The van der Waals surface area contributed by atoms with Gasteiger partial charge in [0.05, 0.1) is 12.6 Å². The molecule has 19 heteroatoms. The maximum Gasteiger partial charge on any atom is 0.411 e. The number of carboxylic acid groups (broad SMARTS) is 1. The van der Waals surface area contributed by atoms with Crippen LogP contribution in [0.3, 0.4) is 0 Å². The van der Waals surface area contributed by atoms with Crippen LogP contribution >= 0.6 is 0 Å². The molecule has 4 aromatic rings. The van der Waals surface area contributed by atoms with Crippen LogP contribution in [0.25, 0.3) is 22.5 Å². The Kier molecular flexibility index (Phi) is 13.0. The van der Waals surface area contributed by atoms with Crippen molar-refractivity contribution in [2.45, 2.75) is 75.4 Å². The number of aromatic amines is 1. The third-order valence-electron chi connectivity index (χ3n) is 10.9. The Morgan fingerprint density at radius 1 is 0.950 bits per heavy atom. The van der Waals surface area contributed by atoms with E-state index in [0.717, 1.165) is 35.1 Å². The van der Waals surface area contributed by atoms with Crippen LogP contribution in [0.4, 0.5) is 23.2 Å². The van der Waals surface area contributed by atoms with E-state index in [0.29, 0.717) is 30.9 Å². The molecule has 1 aliphatic carbocycles. The number of nitrogens with one attached hydrogen (secondary N) is 5. The summed E-state index contributed by atoms with van der Waals surface area (Å²) in [6.45, 7) is 2.16. The van der Waals surface area contributed by atoms with Crippen LogP contribution in [0.1, 0.15) is 59.4 Å². The number of H-pyrrole nitrogens is 1. The zero-order chi connectivity index (χ0) is 43.4. The number of aliphatic hydroxyl groups excluding tert-OH is 1. The molecule has 60 heavy (non-hydrogen) atoms. The minimum absolute atomic E-state index is 0.0890. The van der Waals surface area contributed by atoms with E-state index in [9.17, 15) is 46.6 Å². The van der Waals surface area contributed by atoms with Crippen molar-refractivity contribution in [1.82, 2.24) is 31.1 Å². The van der Waals surface area contributed by atoms with Crippen LogP contribution in [-0.4, -0.2) is 92.2 Å². The van der Waals surface area contributed by atoms with Crippen LogP contribution in [-0.2, 0) is 31.5 Å². The maximum atomic E-state index is 14.3. The van der Waals surface area contributed by atoms with Crippen molar-refractivity contribution in [3.63, 3.8) is 0 Å². The highest BCUT2D eigenvalue weighted by Crippen LogP contribution is 2.42. The molecule has 6 rings (SSSR count). The number of nitrogens with zero attached hydrogens (tertiary/aromatic N) is 2. The molecule has 0 unspecified atom stereocenters. The lowest BCUT2D eigenvalue weighted by molar-refractivity contribution is -0.231. The molecule has 2 heterocycles. The first kappa shape index (κ1) is 43.4. The molecule has 0 radical (unpaired) electrons. The van der Waals surface area contributed by atoms with E-state index in [2.05, 4.69) is 31.3 Å². The van der Waals surface area contributed by atoms with E-state index in [1.54, 1.807) is 23.3 Å². The molecule has 3 atom stereocenters. The zero-order valence-electron chi connectivity index (χ0n) is 32.3. The smallest absolute Gasteiger partial charge is 0.411 e. The number of aliphatic carboxylic acids is 1. The van der Waals surface area contributed by atoms with Crippen LogP contribution in [0.2, 0.25) is 0 Å². The summed E-state index contributed by atoms with van der Waals surface area (Å²) in [5.41, 5.74) is 9.70. The van der Waals surface area contributed by atoms with Crippen LogP contribution < -0.4 is 27.0 Å². The van der Waals surface area contributed by atoms with Gasteiger partial charge in [0.2, 0.25) is 23.5 Å². The number of benzene rings is 3. The highest BCUT2D eigenvalue weighted by Gasteiger charge is 2.65. The third kappa shape index (κ3) is 9.47. The Bertz CT molecular complexity index is 2230. The van der Waals surface area contributed by atoms with Crippen molar-refractivity contribution in [3.05, 3.63) is 89.2 Å². The van der Waals surface area contributed by atoms with Crippen molar-refractivity contribution in [3.8, 4) is 22.5 Å². The summed E-state index contributed by atoms with van der Waals surface area (Å²) in [6, 6.07) is 15.8. The van der Waals surface area contributed by atoms with Gasteiger partial charge in [-0.05, 0) is 110 Å². The second-order valence-electron chi connectivity index (χ2n) is 15.1. The molecular formula is C41H44F4N8O7. The number of carboxylic acids is 1. The van der Waals surface area contributed by atoms with Crippen molar-refractivity contribution < 1.29 is 51.7 Å². The Hall–Kier alpha value is -6.21. The molecule has 2 fully saturated rings. The fourth-order valence-electron chi connectivity index (χ4n) is 7.33. The molecule has 0 bridgehead atoms. The van der Waals surface area contributed by atoms with Crippen molar-refractivity contribution in [2.24, 2.45) is 17.6 Å². The lowest BCUT2D eigenvalue weighted by Crippen LogP contribution is -2.48. The van der Waals surface area contributed by atoms with E-state index in [4.69, 9.17) is 10.8 Å². The number of hydrogen-bond acceptors (Lipinski definition) is 9. The number of carbonyl (C=O) groups excluding carboxylic acids is 4. The van der Waals surface area contributed by atoms with E-state index < -0.39 is 59.4 Å². The van der Waals surface area contributed by atoms with Gasteiger partial charge in [-0.25, -0.2) is 9.78 Å². The Labute approximate surface area is 340 Å². The molecule has 1 aliphatic heterocycles. The quantitative estimate of drug-likeness (QED) is 0.0809. The van der Waals surface area contributed by atoms with Crippen LogP contribution in [0.5, 0.6) is 0 Å². The van der Waals surface area contributed by atoms with Crippen molar-refractivity contribution in [2.75, 3.05) is 18.5 Å². The van der Waals surface area contributed by atoms with E-state index in [1.165, 1.54) is 24.3 Å². The van der Waals surface area contributed by atoms with Gasteiger partial charge in [0.25, 0.3) is 5.91 Å². The Balaban J connectivity index is 1.15. The number of anilines is 1. The number of amides is 4. The highest BCUT2D eigenvalue weighted by molar-refractivity contribution is 5.99. The molecule has 318 valence electrons. The first-order valence-electron chi connectivity index (χ1n) is 19.3. The molecule has 1 aromatic heterocycles. The van der Waals surface area contributed by atoms with Crippen molar-refractivity contribution >= 4 is 35.3 Å². The summed E-state index contributed by atoms with van der Waals surface area (Å²) >= 11 is 0. The number of aromatic nitrogens is 3. The predicted molar refractivity (Wildman–Crippen MR) is 209 cm³/mol. The second kappa shape index (κ2) is 18.0. The summed E-state index contributed by atoms with van der Waals surface area (Å²) in [5, 5.41) is 34.1. The van der Waals surface area contributed by atoms with Crippen molar-refractivity contribution in [1.29, 1.82) is 0 Å².